The summed E-state index contributed by atoms with van der Waals surface area (Å²) in [6.07, 6.45) is 0. The first-order valence-corrected chi connectivity index (χ1v) is 6.59. The third kappa shape index (κ3) is 3.68. The summed E-state index contributed by atoms with van der Waals surface area (Å²) >= 11 is 0. The van der Waals surface area contributed by atoms with Crippen LogP contribution < -0.4 is 10.6 Å². The van der Waals surface area contributed by atoms with Gasteiger partial charge in [0.2, 0.25) is 5.91 Å². The van der Waals surface area contributed by atoms with Crippen LogP contribution in [0.1, 0.15) is 6.92 Å². The first kappa shape index (κ1) is 14.3. The van der Waals surface area contributed by atoms with E-state index in [1.54, 1.807) is 14.0 Å². The number of benzene rings is 1. The van der Waals surface area contributed by atoms with E-state index in [1.165, 1.54) is 0 Å². The molecule has 0 saturated heterocycles. The third-order valence-corrected chi connectivity index (χ3v) is 2.96. The second kappa shape index (κ2) is 6.86. The highest BCUT2D eigenvalue weighted by molar-refractivity contribution is 5.85. The minimum absolute atomic E-state index is 0.0722. The number of anilines is 1. The zero-order valence-corrected chi connectivity index (χ0v) is 11.7. The lowest BCUT2D eigenvalue weighted by molar-refractivity contribution is -0.121. The fourth-order valence-corrected chi connectivity index (χ4v) is 1.86. The predicted octanol–water partition coefficient (Wildman–Crippen LogP) is 1.80. The average Bonchev–Trinajstić information content (AvgIpc) is 2.47. The topological polar surface area (TPSA) is 63.2 Å². The number of methoxy groups -OCH3 is 1. The molecule has 2 rings (SSSR count). The van der Waals surface area contributed by atoms with Crippen molar-refractivity contribution in [2.24, 2.45) is 0 Å². The van der Waals surface area contributed by atoms with Crippen LogP contribution in [0.3, 0.4) is 0 Å². The number of nitrogens with zero attached hydrogens (tertiary/aromatic N) is 1. The van der Waals surface area contributed by atoms with Gasteiger partial charge < -0.3 is 15.4 Å². The molecule has 1 heterocycles. The SMILES string of the molecule is COCCNC(=O)C(C)Nc1ccc2ccccc2n1. The normalized spacial score (nSPS) is 12.1. The van der Waals surface area contributed by atoms with Gasteiger partial charge in [-0.25, -0.2) is 4.98 Å². The van der Waals surface area contributed by atoms with Gasteiger partial charge in [-0.15, -0.1) is 0 Å². The first-order chi connectivity index (χ1) is 9.70. The smallest absolute Gasteiger partial charge is 0.242 e. The number of fused-ring (bicyclic) bond motifs is 1. The molecule has 20 heavy (non-hydrogen) atoms. The molecule has 2 N–H and O–H groups in total. The van der Waals surface area contributed by atoms with Gasteiger partial charge in [-0.2, -0.15) is 0 Å². The van der Waals surface area contributed by atoms with E-state index in [4.69, 9.17) is 4.74 Å². The Morgan fingerprint density at radius 2 is 2.10 bits per heavy atom. The summed E-state index contributed by atoms with van der Waals surface area (Å²) in [5, 5.41) is 6.96. The molecule has 0 aliphatic heterocycles. The summed E-state index contributed by atoms with van der Waals surface area (Å²) in [6.45, 7) is 2.82. The van der Waals surface area contributed by atoms with E-state index in [-0.39, 0.29) is 11.9 Å². The van der Waals surface area contributed by atoms with Gasteiger partial charge in [0.25, 0.3) is 0 Å². The van der Waals surface area contributed by atoms with E-state index in [0.29, 0.717) is 19.0 Å². The van der Waals surface area contributed by atoms with E-state index < -0.39 is 0 Å². The maximum absolute atomic E-state index is 11.8. The van der Waals surface area contributed by atoms with E-state index in [9.17, 15) is 4.79 Å². The van der Waals surface area contributed by atoms with Crippen LogP contribution in [0.2, 0.25) is 0 Å². The molecule has 5 nitrogen and oxygen atoms in total. The Bertz CT molecular complexity index is 586. The summed E-state index contributed by atoms with van der Waals surface area (Å²) in [5.41, 5.74) is 0.907. The van der Waals surface area contributed by atoms with Gasteiger partial charge >= 0.3 is 0 Å². The molecule has 0 fully saturated rings. The van der Waals surface area contributed by atoms with Crippen molar-refractivity contribution in [3.05, 3.63) is 36.4 Å². The van der Waals surface area contributed by atoms with Gasteiger partial charge in [-0.05, 0) is 25.1 Å². The molecule has 1 aromatic heterocycles. The number of para-hydroxylation sites is 1. The quantitative estimate of drug-likeness (QED) is 0.788. The number of hydrogen-bond acceptors (Lipinski definition) is 4. The molecule has 0 saturated carbocycles. The van der Waals surface area contributed by atoms with Crippen LogP contribution in [0.4, 0.5) is 5.82 Å². The first-order valence-electron chi connectivity index (χ1n) is 6.59. The van der Waals surface area contributed by atoms with E-state index in [2.05, 4.69) is 15.6 Å². The maximum atomic E-state index is 11.8. The molecule has 106 valence electrons. The number of pyridine rings is 1. The van der Waals surface area contributed by atoms with Crippen LogP contribution in [0, 0.1) is 0 Å². The monoisotopic (exact) mass is 273 g/mol. The van der Waals surface area contributed by atoms with Crippen molar-refractivity contribution in [3.8, 4) is 0 Å². The molecule has 0 radical (unpaired) electrons. The standard InChI is InChI=1S/C15H19N3O2/c1-11(15(19)16-9-10-20-2)17-14-8-7-12-5-3-4-6-13(12)18-14/h3-8,11H,9-10H2,1-2H3,(H,16,19)(H,17,18). The lowest BCUT2D eigenvalue weighted by Gasteiger charge is -2.14. The lowest BCUT2D eigenvalue weighted by Crippen LogP contribution is -2.39. The Balaban J connectivity index is 1.98. The van der Waals surface area contributed by atoms with Gasteiger partial charge in [0.15, 0.2) is 0 Å². The Labute approximate surface area is 118 Å². The molecule has 1 unspecified atom stereocenters. The molecule has 1 atom stereocenters. The number of hydrogen-bond donors (Lipinski definition) is 2. The van der Waals surface area contributed by atoms with Crippen molar-refractivity contribution in [2.45, 2.75) is 13.0 Å². The van der Waals surface area contributed by atoms with Crippen LogP contribution in [0.15, 0.2) is 36.4 Å². The Kier molecular flexibility index (Phi) is 4.90. The molecule has 0 spiro atoms. The molecular formula is C15H19N3O2. The number of carbonyl (C=O) groups is 1. The van der Waals surface area contributed by atoms with Crippen molar-refractivity contribution < 1.29 is 9.53 Å². The average molecular weight is 273 g/mol. The van der Waals surface area contributed by atoms with Gasteiger partial charge in [0.05, 0.1) is 12.1 Å². The number of ether oxygens (including phenoxy) is 1. The summed E-state index contributed by atoms with van der Waals surface area (Å²) in [4.78, 5) is 16.3. The Morgan fingerprint density at radius 1 is 1.30 bits per heavy atom. The van der Waals surface area contributed by atoms with Crippen LogP contribution in [-0.4, -0.2) is 37.2 Å². The van der Waals surface area contributed by atoms with Crippen molar-refractivity contribution in [1.82, 2.24) is 10.3 Å². The Hall–Kier alpha value is -2.14. The summed E-state index contributed by atoms with van der Waals surface area (Å²) in [6, 6.07) is 11.4. The highest BCUT2D eigenvalue weighted by atomic mass is 16.5. The van der Waals surface area contributed by atoms with Crippen molar-refractivity contribution >= 4 is 22.6 Å². The predicted molar refractivity (Wildman–Crippen MR) is 79.7 cm³/mol. The van der Waals surface area contributed by atoms with Crippen LogP contribution in [0.5, 0.6) is 0 Å². The Morgan fingerprint density at radius 3 is 2.90 bits per heavy atom. The fourth-order valence-electron chi connectivity index (χ4n) is 1.86. The fraction of sp³-hybridized carbons (Fsp3) is 0.333. The second-order valence-corrected chi connectivity index (χ2v) is 4.54. The molecular weight excluding hydrogens is 254 g/mol. The highest BCUT2D eigenvalue weighted by Gasteiger charge is 2.12. The van der Waals surface area contributed by atoms with E-state index >= 15 is 0 Å². The van der Waals surface area contributed by atoms with Crippen molar-refractivity contribution in [2.75, 3.05) is 25.6 Å². The highest BCUT2D eigenvalue weighted by Crippen LogP contribution is 2.14. The molecule has 0 aliphatic rings. The third-order valence-electron chi connectivity index (χ3n) is 2.96. The van der Waals surface area contributed by atoms with E-state index in [1.807, 2.05) is 36.4 Å². The summed E-state index contributed by atoms with van der Waals surface area (Å²) in [5.74, 6) is 0.620. The number of nitrogens with one attached hydrogen (secondary N) is 2. The second-order valence-electron chi connectivity index (χ2n) is 4.54. The van der Waals surface area contributed by atoms with Gasteiger partial charge in [0, 0.05) is 19.0 Å². The van der Waals surface area contributed by atoms with Gasteiger partial charge in [0.1, 0.15) is 11.9 Å². The van der Waals surface area contributed by atoms with Crippen LogP contribution in [-0.2, 0) is 9.53 Å². The molecule has 1 aromatic carbocycles. The summed E-state index contributed by atoms with van der Waals surface area (Å²) < 4.78 is 4.89. The molecule has 2 aromatic rings. The summed E-state index contributed by atoms with van der Waals surface area (Å²) in [7, 11) is 1.60. The number of aromatic nitrogens is 1. The van der Waals surface area contributed by atoms with Crippen LogP contribution >= 0.6 is 0 Å². The van der Waals surface area contributed by atoms with Crippen LogP contribution in [0.25, 0.3) is 10.9 Å². The van der Waals surface area contributed by atoms with Gasteiger partial charge in [-0.1, -0.05) is 18.2 Å². The molecule has 1 amide bonds. The molecule has 5 heteroatoms. The van der Waals surface area contributed by atoms with Crippen molar-refractivity contribution in [3.63, 3.8) is 0 Å². The number of rotatable bonds is 6. The minimum atomic E-state index is -0.347. The van der Waals surface area contributed by atoms with E-state index in [0.717, 1.165) is 10.9 Å². The zero-order chi connectivity index (χ0) is 14.4. The lowest BCUT2D eigenvalue weighted by atomic mass is 10.2. The zero-order valence-electron chi connectivity index (χ0n) is 11.7. The number of amides is 1. The molecule has 0 bridgehead atoms. The number of carbonyl (C=O) groups excluding carboxylic acids is 1. The minimum Gasteiger partial charge on any atom is -0.383 e. The molecule has 0 aliphatic carbocycles. The maximum Gasteiger partial charge on any atom is 0.242 e. The van der Waals surface area contributed by atoms with Gasteiger partial charge in [-0.3, -0.25) is 4.79 Å². The largest absolute Gasteiger partial charge is 0.383 e. The van der Waals surface area contributed by atoms with Crippen molar-refractivity contribution in [1.29, 1.82) is 0 Å².